The predicted molar refractivity (Wildman–Crippen MR) is 101 cm³/mol. The summed E-state index contributed by atoms with van der Waals surface area (Å²) in [4.78, 5) is 2.65. The maximum absolute atomic E-state index is 10.9. The van der Waals surface area contributed by atoms with E-state index < -0.39 is 10.0 Å². The minimum absolute atomic E-state index is 0.106. The Labute approximate surface area is 142 Å². The third-order valence-corrected chi connectivity index (χ3v) is 8.13. The van der Waals surface area contributed by atoms with Gasteiger partial charge in [-0.05, 0) is 53.3 Å². The summed E-state index contributed by atoms with van der Waals surface area (Å²) >= 11 is 0. The lowest BCUT2D eigenvalue weighted by atomic mass is 10.00. The van der Waals surface area contributed by atoms with Crippen molar-refractivity contribution in [2.75, 3.05) is 19.1 Å². The normalized spacial score (nSPS) is 15.4. The highest BCUT2D eigenvalue weighted by Gasteiger charge is 2.30. The van der Waals surface area contributed by atoms with Crippen molar-refractivity contribution in [2.45, 2.75) is 35.8 Å². The van der Waals surface area contributed by atoms with E-state index in [4.69, 9.17) is 0 Å². The number of hydrogen-bond donors (Lipinski definition) is 2. The number of likely N-dealkylation sites (N-methyl/N-ethyl adjacent to an activating group) is 1. The van der Waals surface area contributed by atoms with Crippen LogP contribution in [0.5, 0.6) is 0 Å². The molecule has 2 rings (SSSR count). The summed E-state index contributed by atoms with van der Waals surface area (Å²) in [6, 6.07) is 21.3. The smallest absolute Gasteiger partial charge is 0.0777 e. The predicted octanol–water partition coefficient (Wildman–Crippen LogP) is 4.14. The van der Waals surface area contributed by atoms with Crippen LogP contribution in [0.1, 0.15) is 13.8 Å². The van der Waals surface area contributed by atoms with Crippen LogP contribution in [0.4, 0.5) is 0 Å². The Morgan fingerprint density at radius 3 is 1.70 bits per heavy atom. The molecule has 0 saturated heterocycles. The van der Waals surface area contributed by atoms with Crippen LogP contribution in [0.2, 0.25) is 0 Å². The minimum Gasteiger partial charge on any atom is -0.391 e. The molecule has 2 aromatic carbocycles. The third kappa shape index (κ3) is 4.17. The Balaban J connectivity index is 2.39. The van der Waals surface area contributed by atoms with Gasteiger partial charge in [0, 0.05) is 11.8 Å². The molecular weight excluding hydrogens is 302 g/mol. The van der Waals surface area contributed by atoms with Crippen LogP contribution in [0.15, 0.2) is 70.5 Å². The first-order chi connectivity index (χ1) is 11.0. The number of rotatable bonds is 7. The summed E-state index contributed by atoms with van der Waals surface area (Å²) in [5.74, 6) is 1.16. The summed E-state index contributed by atoms with van der Waals surface area (Å²) in [5, 5.41) is 14.2. The van der Waals surface area contributed by atoms with Crippen molar-refractivity contribution >= 4 is 10.0 Å². The first kappa shape index (κ1) is 18.1. The van der Waals surface area contributed by atoms with E-state index in [2.05, 4.69) is 86.1 Å². The topological polar surface area (TPSA) is 32.3 Å². The molecule has 126 valence electrons. The SMILES string of the molecule is CNC(C(C)C)[C@H](O)CS(C)(c1ccccc1)c1ccccc1. The van der Waals surface area contributed by atoms with Crippen LogP contribution in [0, 0.1) is 5.92 Å². The van der Waals surface area contributed by atoms with Gasteiger partial charge in [-0.25, -0.2) is 0 Å². The third-order valence-electron chi connectivity index (χ3n) is 4.50. The lowest BCUT2D eigenvalue weighted by Crippen LogP contribution is -2.44. The van der Waals surface area contributed by atoms with Crippen molar-refractivity contribution in [1.82, 2.24) is 5.32 Å². The molecular formula is C20H29NOS. The van der Waals surface area contributed by atoms with E-state index in [1.54, 1.807) is 0 Å². The maximum Gasteiger partial charge on any atom is 0.0777 e. The van der Waals surface area contributed by atoms with Gasteiger partial charge in [-0.3, -0.25) is 0 Å². The molecule has 2 atom stereocenters. The standard InChI is InChI=1S/C20H29NOS/c1-16(2)20(21-3)19(22)15-23(4,17-11-7-5-8-12-17)18-13-9-6-10-14-18/h5-14,16,19-22H,15H2,1-4H3/t19-,20?/m1/s1. The van der Waals surface area contributed by atoms with Gasteiger partial charge in [0.25, 0.3) is 0 Å². The molecule has 0 saturated carbocycles. The van der Waals surface area contributed by atoms with E-state index in [1.165, 1.54) is 9.79 Å². The van der Waals surface area contributed by atoms with E-state index in [0.717, 1.165) is 5.75 Å². The van der Waals surface area contributed by atoms with Gasteiger partial charge < -0.3 is 10.4 Å². The summed E-state index contributed by atoms with van der Waals surface area (Å²) in [6.07, 6.45) is 1.94. The maximum atomic E-state index is 10.9. The molecule has 2 N–H and O–H groups in total. The van der Waals surface area contributed by atoms with E-state index in [-0.39, 0.29) is 12.1 Å². The number of nitrogens with one attached hydrogen (secondary N) is 1. The second-order valence-electron chi connectivity index (χ2n) is 6.51. The van der Waals surface area contributed by atoms with Gasteiger partial charge in [0.15, 0.2) is 0 Å². The second kappa shape index (κ2) is 8.00. The molecule has 0 aromatic heterocycles. The first-order valence-electron chi connectivity index (χ1n) is 8.20. The summed E-state index contributed by atoms with van der Waals surface area (Å²) in [7, 11) is 0.662. The Hall–Kier alpha value is -1.29. The molecule has 0 spiro atoms. The molecule has 0 bridgehead atoms. The van der Waals surface area contributed by atoms with E-state index in [9.17, 15) is 5.11 Å². The Morgan fingerprint density at radius 1 is 0.913 bits per heavy atom. The van der Waals surface area contributed by atoms with E-state index in [0.29, 0.717) is 5.92 Å². The van der Waals surface area contributed by atoms with Crippen LogP contribution in [-0.4, -0.2) is 36.3 Å². The zero-order valence-electron chi connectivity index (χ0n) is 14.6. The van der Waals surface area contributed by atoms with E-state index >= 15 is 0 Å². The summed E-state index contributed by atoms with van der Waals surface area (Å²) in [6.45, 7) is 4.31. The number of aliphatic hydroxyl groups is 1. The van der Waals surface area contributed by atoms with Gasteiger partial charge >= 0.3 is 0 Å². The molecule has 2 aromatic rings. The highest BCUT2D eigenvalue weighted by atomic mass is 32.3. The highest BCUT2D eigenvalue weighted by molar-refractivity contribution is 8.33. The molecule has 1 unspecified atom stereocenters. The van der Waals surface area contributed by atoms with Crippen molar-refractivity contribution in [3.05, 3.63) is 60.7 Å². The Kier molecular flexibility index (Phi) is 6.28. The fourth-order valence-corrected chi connectivity index (χ4v) is 6.25. The summed E-state index contributed by atoms with van der Waals surface area (Å²) in [5.41, 5.74) is 0. The van der Waals surface area contributed by atoms with Crippen LogP contribution < -0.4 is 5.32 Å². The van der Waals surface area contributed by atoms with Gasteiger partial charge in [-0.2, -0.15) is 10.0 Å². The fourth-order valence-electron chi connectivity index (χ4n) is 3.19. The molecule has 0 aliphatic carbocycles. The first-order valence-corrected chi connectivity index (χ1v) is 10.4. The van der Waals surface area contributed by atoms with Crippen LogP contribution in [0.25, 0.3) is 0 Å². The second-order valence-corrected chi connectivity index (χ2v) is 9.96. The molecule has 0 aliphatic rings. The van der Waals surface area contributed by atoms with Crippen LogP contribution >= 0.6 is 10.0 Å². The molecule has 0 aliphatic heterocycles. The van der Waals surface area contributed by atoms with Crippen molar-refractivity contribution in [3.8, 4) is 0 Å². The Morgan fingerprint density at radius 2 is 1.35 bits per heavy atom. The minimum atomic E-state index is -1.27. The quantitative estimate of drug-likeness (QED) is 0.799. The van der Waals surface area contributed by atoms with Gasteiger partial charge in [0.05, 0.1) is 6.10 Å². The molecule has 0 amide bonds. The number of aliphatic hydroxyl groups excluding tert-OH is 1. The largest absolute Gasteiger partial charge is 0.391 e. The van der Waals surface area contributed by atoms with E-state index in [1.807, 2.05) is 7.05 Å². The molecule has 23 heavy (non-hydrogen) atoms. The number of hydrogen-bond acceptors (Lipinski definition) is 2. The van der Waals surface area contributed by atoms with Crippen molar-refractivity contribution in [2.24, 2.45) is 5.92 Å². The Bertz CT molecular complexity index is 546. The molecule has 2 nitrogen and oxygen atoms in total. The van der Waals surface area contributed by atoms with Gasteiger partial charge in [-0.15, -0.1) is 0 Å². The monoisotopic (exact) mass is 331 g/mol. The van der Waals surface area contributed by atoms with Crippen LogP contribution in [0.3, 0.4) is 0 Å². The zero-order valence-corrected chi connectivity index (χ0v) is 15.4. The average molecular weight is 332 g/mol. The van der Waals surface area contributed by atoms with Gasteiger partial charge in [0.1, 0.15) is 0 Å². The molecule has 0 fully saturated rings. The lowest BCUT2D eigenvalue weighted by molar-refractivity contribution is 0.129. The highest BCUT2D eigenvalue weighted by Crippen LogP contribution is 2.59. The van der Waals surface area contributed by atoms with Gasteiger partial charge in [-0.1, -0.05) is 50.2 Å². The van der Waals surface area contributed by atoms with Crippen LogP contribution in [-0.2, 0) is 0 Å². The van der Waals surface area contributed by atoms with Gasteiger partial charge in [0.2, 0.25) is 0 Å². The fraction of sp³-hybridized carbons (Fsp3) is 0.400. The molecule has 3 heteroatoms. The lowest BCUT2D eigenvalue weighted by Gasteiger charge is -2.41. The zero-order chi connectivity index (χ0) is 16.9. The van der Waals surface area contributed by atoms with Crippen molar-refractivity contribution < 1.29 is 5.11 Å². The number of benzene rings is 2. The summed E-state index contributed by atoms with van der Waals surface area (Å²) < 4.78 is 0. The molecule has 0 radical (unpaired) electrons. The van der Waals surface area contributed by atoms with Crippen molar-refractivity contribution in [3.63, 3.8) is 0 Å². The average Bonchev–Trinajstić information content (AvgIpc) is 2.56. The van der Waals surface area contributed by atoms with Crippen molar-refractivity contribution in [1.29, 1.82) is 0 Å². The molecule has 0 heterocycles.